The van der Waals surface area contributed by atoms with Gasteiger partial charge < -0.3 is 14.5 Å². The lowest BCUT2D eigenvalue weighted by atomic mass is 10.1. The van der Waals surface area contributed by atoms with Crippen molar-refractivity contribution in [1.82, 2.24) is 9.80 Å². The van der Waals surface area contributed by atoms with Crippen LogP contribution in [0.3, 0.4) is 0 Å². The van der Waals surface area contributed by atoms with Crippen LogP contribution in [0, 0.1) is 18.7 Å². The van der Waals surface area contributed by atoms with E-state index < -0.39 is 0 Å². The van der Waals surface area contributed by atoms with Crippen LogP contribution in [0.5, 0.6) is 0 Å². The van der Waals surface area contributed by atoms with Gasteiger partial charge in [-0.25, -0.2) is 4.39 Å². The Morgan fingerprint density at radius 1 is 1.13 bits per heavy atom. The molecule has 0 N–H and O–H groups in total. The van der Waals surface area contributed by atoms with Crippen molar-refractivity contribution in [3.05, 3.63) is 57.5 Å². The first kappa shape index (κ1) is 23.4. The summed E-state index contributed by atoms with van der Waals surface area (Å²) < 4.78 is 19.0. The Morgan fingerprint density at radius 2 is 1.87 bits per heavy atom. The molecule has 0 spiro atoms. The van der Waals surface area contributed by atoms with Crippen LogP contribution in [0.25, 0.3) is 0 Å². The monoisotopic (exact) mass is 446 g/mol. The molecule has 1 aromatic carbocycles. The van der Waals surface area contributed by atoms with Gasteiger partial charge in [0.2, 0.25) is 11.8 Å². The third-order valence-corrected chi connectivity index (χ3v) is 6.35. The summed E-state index contributed by atoms with van der Waals surface area (Å²) in [6.07, 6.45) is 1.88. The lowest BCUT2D eigenvalue weighted by Gasteiger charge is -2.30. The fourth-order valence-electron chi connectivity index (χ4n) is 3.70. The van der Waals surface area contributed by atoms with Crippen molar-refractivity contribution in [2.75, 3.05) is 19.7 Å². The normalized spacial score (nSPS) is 16.0. The second kappa shape index (κ2) is 10.9. The van der Waals surface area contributed by atoms with Gasteiger partial charge in [-0.05, 0) is 49.6 Å². The molecule has 1 fully saturated rings. The van der Waals surface area contributed by atoms with E-state index >= 15 is 0 Å². The zero-order chi connectivity index (χ0) is 22.4. The summed E-state index contributed by atoms with van der Waals surface area (Å²) in [4.78, 5) is 31.8. The fraction of sp³-hybridized carbons (Fsp3) is 0.500. The summed E-state index contributed by atoms with van der Waals surface area (Å²) in [6, 6.07) is 10.2. The van der Waals surface area contributed by atoms with E-state index in [1.165, 1.54) is 17.0 Å². The van der Waals surface area contributed by atoms with Gasteiger partial charge in [-0.15, -0.1) is 11.3 Å². The number of amides is 2. The topological polar surface area (TPSA) is 49.9 Å². The van der Waals surface area contributed by atoms with Crippen molar-refractivity contribution in [1.29, 1.82) is 0 Å². The Hall–Kier alpha value is -2.25. The second-order valence-corrected chi connectivity index (χ2v) is 9.77. The number of aryl methyl sites for hydroxylation is 1. The third-order valence-electron chi connectivity index (χ3n) is 5.36. The quantitative estimate of drug-likeness (QED) is 0.574. The standard InChI is InChI=1S/C24H31FN2O3S/c1-17(2)24(29)27(14-21-5-4-12-30-21)16-23(28)26(15-22-11-6-18(3)31-22)13-19-7-9-20(25)10-8-19/h6-11,17,21H,4-5,12-16H2,1-3H3. The molecule has 0 radical (unpaired) electrons. The van der Waals surface area contributed by atoms with Gasteiger partial charge in [0.15, 0.2) is 0 Å². The molecule has 2 heterocycles. The van der Waals surface area contributed by atoms with Crippen molar-refractivity contribution >= 4 is 23.2 Å². The van der Waals surface area contributed by atoms with Gasteiger partial charge in [0.25, 0.3) is 0 Å². The van der Waals surface area contributed by atoms with E-state index in [1.807, 2.05) is 32.9 Å². The van der Waals surface area contributed by atoms with Gasteiger partial charge in [-0.2, -0.15) is 0 Å². The zero-order valence-electron chi connectivity index (χ0n) is 18.5. The highest BCUT2D eigenvalue weighted by Gasteiger charge is 2.27. The smallest absolute Gasteiger partial charge is 0.242 e. The highest BCUT2D eigenvalue weighted by Crippen LogP contribution is 2.20. The van der Waals surface area contributed by atoms with Crippen LogP contribution in [-0.2, 0) is 27.4 Å². The predicted molar refractivity (Wildman–Crippen MR) is 120 cm³/mol. The lowest BCUT2D eigenvalue weighted by Crippen LogP contribution is -2.46. The average molecular weight is 447 g/mol. The molecule has 1 atom stereocenters. The van der Waals surface area contributed by atoms with Crippen LogP contribution in [0.15, 0.2) is 36.4 Å². The highest BCUT2D eigenvalue weighted by atomic mass is 32.1. The van der Waals surface area contributed by atoms with E-state index in [-0.39, 0.29) is 36.2 Å². The van der Waals surface area contributed by atoms with Gasteiger partial charge in [-0.3, -0.25) is 9.59 Å². The maximum absolute atomic E-state index is 13.4. The highest BCUT2D eigenvalue weighted by molar-refractivity contribution is 7.11. The van der Waals surface area contributed by atoms with Crippen LogP contribution >= 0.6 is 11.3 Å². The van der Waals surface area contributed by atoms with Crippen LogP contribution in [0.1, 0.15) is 42.0 Å². The molecule has 31 heavy (non-hydrogen) atoms. The molecule has 1 aliphatic heterocycles. The van der Waals surface area contributed by atoms with E-state index in [1.54, 1.807) is 33.3 Å². The molecule has 0 saturated carbocycles. The first-order valence-corrected chi connectivity index (χ1v) is 11.6. The molecule has 1 unspecified atom stereocenters. The van der Waals surface area contributed by atoms with Crippen molar-refractivity contribution < 1.29 is 18.7 Å². The lowest BCUT2D eigenvalue weighted by molar-refractivity contribution is -0.144. The first-order chi connectivity index (χ1) is 14.8. The van der Waals surface area contributed by atoms with Gasteiger partial charge in [-0.1, -0.05) is 26.0 Å². The number of rotatable bonds is 9. The molecule has 1 aliphatic rings. The minimum absolute atomic E-state index is 0.0130. The van der Waals surface area contributed by atoms with Crippen LogP contribution < -0.4 is 0 Å². The Balaban J connectivity index is 1.76. The number of benzene rings is 1. The number of nitrogens with zero attached hydrogens (tertiary/aromatic N) is 2. The second-order valence-electron chi connectivity index (χ2n) is 8.40. The summed E-state index contributed by atoms with van der Waals surface area (Å²) in [7, 11) is 0. The van der Waals surface area contributed by atoms with E-state index in [9.17, 15) is 14.0 Å². The zero-order valence-corrected chi connectivity index (χ0v) is 19.3. The number of hydrogen-bond acceptors (Lipinski definition) is 4. The predicted octanol–water partition coefficient (Wildman–Crippen LogP) is 4.39. The fourth-order valence-corrected chi connectivity index (χ4v) is 4.60. The summed E-state index contributed by atoms with van der Waals surface area (Å²) >= 11 is 1.65. The number of carbonyl (C=O) groups excluding carboxylic acids is 2. The van der Waals surface area contributed by atoms with E-state index in [0.29, 0.717) is 26.2 Å². The Labute approximate surface area is 187 Å². The number of halogens is 1. The molecule has 1 aromatic heterocycles. The summed E-state index contributed by atoms with van der Waals surface area (Å²) in [6.45, 7) is 7.70. The number of ether oxygens (including phenoxy) is 1. The maximum atomic E-state index is 13.4. The average Bonchev–Trinajstić information content (AvgIpc) is 3.39. The molecular weight excluding hydrogens is 415 g/mol. The molecule has 0 aliphatic carbocycles. The molecule has 2 amide bonds. The van der Waals surface area contributed by atoms with Gasteiger partial charge in [0.1, 0.15) is 5.82 Å². The summed E-state index contributed by atoms with van der Waals surface area (Å²) in [5, 5.41) is 0. The maximum Gasteiger partial charge on any atom is 0.242 e. The SMILES string of the molecule is Cc1ccc(CN(Cc2ccc(F)cc2)C(=O)CN(CC2CCCO2)C(=O)C(C)C)s1. The Bertz CT molecular complexity index is 875. The third kappa shape index (κ3) is 6.87. The van der Waals surface area contributed by atoms with Crippen LogP contribution in [0.4, 0.5) is 4.39 Å². The minimum atomic E-state index is -0.305. The number of hydrogen-bond donors (Lipinski definition) is 0. The van der Waals surface area contributed by atoms with Crippen molar-refractivity contribution in [2.24, 2.45) is 5.92 Å². The van der Waals surface area contributed by atoms with Crippen molar-refractivity contribution in [3.8, 4) is 0 Å². The molecule has 1 saturated heterocycles. The summed E-state index contributed by atoms with van der Waals surface area (Å²) in [5.74, 6) is -0.666. The number of carbonyl (C=O) groups is 2. The summed E-state index contributed by atoms with van der Waals surface area (Å²) in [5.41, 5.74) is 0.851. The van der Waals surface area contributed by atoms with Gasteiger partial charge >= 0.3 is 0 Å². The molecule has 168 valence electrons. The minimum Gasteiger partial charge on any atom is -0.376 e. The van der Waals surface area contributed by atoms with Crippen LogP contribution in [0.2, 0.25) is 0 Å². The van der Waals surface area contributed by atoms with E-state index in [4.69, 9.17) is 4.74 Å². The largest absolute Gasteiger partial charge is 0.376 e. The molecule has 2 aromatic rings. The van der Waals surface area contributed by atoms with Crippen LogP contribution in [-0.4, -0.2) is 47.4 Å². The molecule has 3 rings (SSSR count). The van der Waals surface area contributed by atoms with Gasteiger partial charge in [0.05, 0.1) is 19.2 Å². The Morgan fingerprint density at radius 3 is 2.45 bits per heavy atom. The molecule has 5 nitrogen and oxygen atoms in total. The van der Waals surface area contributed by atoms with Crippen molar-refractivity contribution in [3.63, 3.8) is 0 Å². The molecule has 7 heteroatoms. The van der Waals surface area contributed by atoms with E-state index in [0.717, 1.165) is 23.3 Å². The van der Waals surface area contributed by atoms with E-state index in [2.05, 4.69) is 0 Å². The molecular formula is C24H31FN2O3S. The number of thiophene rings is 1. The Kier molecular flexibility index (Phi) is 8.21. The first-order valence-electron chi connectivity index (χ1n) is 10.8. The molecule has 0 bridgehead atoms. The van der Waals surface area contributed by atoms with Crippen molar-refractivity contribution in [2.45, 2.75) is 52.8 Å². The van der Waals surface area contributed by atoms with Gasteiger partial charge in [0, 0.05) is 35.4 Å².